The highest BCUT2D eigenvalue weighted by Gasteiger charge is 2.38. The number of piperidine rings is 1. The molecular formula is C12H22N2O3. The van der Waals surface area contributed by atoms with Crippen molar-refractivity contribution < 1.29 is 14.7 Å². The maximum Gasteiger partial charge on any atom is 0.326 e. The molecule has 1 aliphatic heterocycles. The standard InChI is InChI=1S/C12H22N2O3/c1-4-13-12(2,3)11(17)14-8-6-5-7-9(14)10(15)16/h9,13H,4-8H2,1-3H3,(H,15,16). The number of hydrogen-bond donors (Lipinski definition) is 2. The normalized spacial score (nSPS) is 21.4. The van der Waals surface area contributed by atoms with E-state index in [2.05, 4.69) is 5.32 Å². The topological polar surface area (TPSA) is 69.6 Å². The largest absolute Gasteiger partial charge is 0.480 e. The van der Waals surface area contributed by atoms with Crippen molar-refractivity contribution in [2.24, 2.45) is 0 Å². The van der Waals surface area contributed by atoms with E-state index in [4.69, 9.17) is 5.11 Å². The smallest absolute Gasteiger partial charge is 0.326 e. The number of carbonyl (C=O) groups is 2. The number of rotatable bonds is 4. The molecule has 1 unspecified atom stereocenters. The maximum atomic E-state index is 12.3. The fourth-order valence-electron chi connectivity index (χ4n) is 2.31. The van der Waals surface area contributed by atoms with E-state index in [-0.39, 0.29) is 5.91 Å². The summed E-state index contributed by atoms with van der Waals surface area (Å²) in [4.78, 5) is 25.0. The van der Waals surface area contributed by atoms with E-state index in [0.29, 0.717) is 19.5 Å². The van der Waals surface area contributed by atoms with Crippen LogP contribution in [0.1, 0.15) is 40.0 Å². The highest BCUT2D eigenvalue weighted by Crippen LogP contribution is 2.21. The first kappa shape index (κ1) is 14.0. The lowest BCUT2D eigenvalue weighted by molar-refractivity contribution is -0.154. The van der Waals surface area contributed by atoms with Crippen molar-refractivity contribution in [1.82, 2.24) is 10.2 Å². The van der Waals surface area contributed by atoms with Gasteiger partial charge in [0.2, 0.25) is 5.91 Å². The molecule has 0 saturated carbocycles. The van der Waals surface area contributed by atoms with Gasteiger partial charge in [0.1, 0.15) is 6.04 Å². The second-order valence-corrected chi connectivity index (χ2v) is 5.00. The van der Waals surface area contributed by atoms with E-state index < -0.39 is 17.6 Å². The Hall–Kier alpha value is -1.10. The minimum atomic E-state index is -0.898. The van der Waals surface area contributed by atoms with Gasteiger partial charge in [0.25, 0.3) is 0 Å². The molecule has 98 valence electrons. The number of likely N-dealkylation sites (N-methyl/N-ethyl adjacent to an activating group) is 1. The molecule has 1 aliphatic rings. The number of likely N-dealkylation sites (tertiary alicyclic amines) is 1. The average molecular weight is 242 g/mol. The zero-order valence-electron chi connectivity index (χ0n) is 10.8. The molecular weight excluding hydrogens is 220 g/mol. The van der Waals surface area contributed by atoms with Crippen LogP contribution in [0.2, 0.25) is 0 Å². The highest BCUT2D eigenvalue weighted by atomic mass is 16.4. The minimum Gasteiger partial charge on any atom is -0.480 e. The third-order valence-corrected chi connectivity index (χ3v) is 3.20. The summed E-state index contributed by atoms with van der Waals surface area (Å²) in [6, 6.07) is -0.658. The molecule has 1 amide bonds. The Morgan fingerprint density at radius 2 is 2.06 bits per heavy atom. The van der Waals surface area contributed by atoms with Gasteiger partial charge in [-0.1, -0.05) is 6.92 Å². The molecule has 1 heterocycles. The van der Waals surface area contributed by atoms with E-state index in [1.807, 2.05) is 6.92 Å². The first-order valence-corrected chi connectivity index (χ1v) is 6.19. The van der Waals surface area contributed by atoms with E-state index in [9.17, 15) is 9.59 Å². The van der Waals surface area contributed by atoms with Gasteiger partial charge in [-0.3, -0.25) is 4.79 Å². The lowest BCUT2D eigenvalue weighted by Crippen LogP contribution is -2.59. The molecule has 5 heteroatoms. The molecule has 1 atom stereocenters. The molecule has 0 aromatic heterocycles. The molecule has 0 bridgehead atoms. The fraction of sp³-hybridized carbons (Fsp3) is 0.833. The number of nitrogens with zero attached hydrogens (tertiary/aromatic N) is 1. The van der Waals surface area contributed by atoms with Gasteiger partial charge < -0.3 is 15.3 Å². The predicted molar refractivity (Wildman–Crippen MR) is 64.7 cm³/mol. The summed E-state index contributed by atoms with van der Waals surface area (Å²) < 4.78 is 0. The lowest BCUT2D eigenvalue weighted by Gasteiger charge is -2.38. The highest BCUT2D eigenvalue weighted by molar-refractivity contribution is 5.89. The molecule has 1 rings (SSSR count). The number of hydrogen-bond acceptors (Lipinski definition) is 3. The summed E-state index contributed by atoms with van der Waals surface area (Å²) in [6.07, 6.45) is 2.32. The van der Waals surface area contributed by atoms with Crippen LogP contribution in [-0.4, -0.2) is 46.6 Å². The zero-order chi connectivity index (χ0) is 13.1. The molecule has 0 spiro atoms. The predicted octanol–water partition coefficient (Wildman–Crippen LogP) is 0.840. The van der Waals surface area contributed by atoms with E-state index in [0.717, 1.165) is 12.8 Å². The van der Waals surface area contributed by atoms with Crippen LogP contribution < -0.4 is 5.32 Å². The Balaban J connectivity index is 2.81. The Bertz CT molecular complexity index is 302. The van der Waals surface area contributed by atoms with E-state index in [1.165, 1.54) is 4.90 Å². The van der Waals surface area contributed by atoms with Gasteiger partial charge in [-0.05, 0) is 39.7 Å². The number of carboxylic acids is 1. The summed E-state index contributed by atoms with van der Waals surface area (Å²) in [7, 11) is 0. The average Bonchev–Trinajstić information content (AvgIpc) is 2.28. The van der Waals surface area contributed by atoms with Crippen LogP contribution in [-0.2, 0) is 9.59 Å². The third-order valence-electron chi connectivity index (χ3n) is 3.20. The monoisotopic (exact) mass is 242 g/mol. The SMILES string of the molecule is CCNC(C)(C)C(=O)N1CCCCC1C(=O)O. The van der Waals surface area contributed by atoms with Gasteiger partial charge >= 0.3 is 5.97 Å². The fourth-order valence-corrected chi connectivity index (χ4v) is 2.31. The Morgan fingerprint density at radius 1 is 1.41 bits per heavy atom. The van der Waals surface area contributed by atoms with Crippen LogP contribution in [0.15, 0.2) is 0 Å². The van der Waals surface area contributed by atoms with Gasteiger partial charge in [0.15, 0.2) is 0 Å². The van der Waals surface area contributed by atoms with Crippen molar-refractivity contribution in [2.45, 2.75) is 51.6 Å². The van der Waals surface area contributed by atoms with Gasteiger partial charge in [-0.2, -0.15) is 0 Å². The van der Waals surface area contributed by atoms with Crippen molar-refractivity contribution >= 4 is 11.9 Å². The van der Waals surface area contributed by atoms with E-state index >= 15 is 0 Å². The Kier molecular flexibility index (Phi) is 4.51. The van der Waals surface area contributed by atoms with Crippen LogP contribution in [0.25, 0.3) is 0 Å². The van der Waals surface area contributed by atoms with Gasteiger partial charge in [-0.15, -0.1) is 0 Å². The first-order valence-electron chi connectivity index (χ1n) is 6.19. The van der Waals surface area contributed by atoms with Crippen molar-refractivity contribution in [3.63, 3.8) is 0 Å². The van der Waals surface area contributed by atoms with Gasteiger partial charge in [0, 0.05) is 6.54 Å². The molecule has 0 radical (unpaired) electrons. The van der Waals surface area contributed by atoms with Crippen LogP contribution in [0.3, 0.4) is 0 Å². The van der Waals surface area contributed by atoms with Crippen LogP contribution >= 0.6 is 0 Å². The first-order chi connectivity index (χ1) is 7.90. The second kappa shape index (κ2) is 5.49. The van der Waals surface area contributed by atoms with Crippen molar-refractivity contribution in [2.75, 3.05) is 13.1 Å². The van der Waals surface area contributed by atoms with Crippen molar-refractivity contribution in [1.29, 1.82) is 0 Å². The molecule has 1 saturated heterocycles. The molecule has 0 aliphatic carbocycles. The van der Waals surface area contributed by atoms with Gasteiger partial charge in [-0.25, -0.2) is 4.79 Å². The summed E-state index contributed by atoms with van der Waals surface area (Å²) in [5.74, 6) is -1.02. The number of carboxylic acid groups (broad SMARTS) is 1. The summed E-state index contributed by atoms with van der Waals surface area (Å²) in [6.45, 7) is 6.76. The number of nitrogens with one attached hydrogen (secondary N) is 1. The molecule has 2 N–H and O–H groups in total. The molecule has 5 nitrogen and oxygen atoms in total. The molecule has 0 aromatic carbocycles. The third kappa shape index (κ3) is 3.19. The van der Waals surface area contributed by atoms with Crippen LogP contribution in [0, 0.1) is 0 Å². The van der Waals surface area contributed by atoms with E-state index in [1.54, 1.807) is 13.8 Å². The molecule has 1 fully saturated rings. The minimum absolute atomic E-state index is 0.119. The maximum absolute atomic E-state index is 12.3. The summed E-state index contributed by atoms with van der Waals surface area (Å²) in [5, 5.41) is 12.2. The lowest BCUT2D eigenvalue weighted by atomic mass is 9.96. The van der Waals surface area contributed by atoms with Crippen molar-refractivity contribution in [3.05, 3.63) is 0 Å². The zero-order valence-corrected chi connectivity index (χ0v) is 10.8. The molecule has 0 aromatic rings. The molecule has 17 heavy (non-hydrogen) atoms. The van der Waals surface area contributed by atoms with Crippen LogP contribution in [0.5, 0.6) is 0 Å². The Labute approximate surface area is 102 Å². The second-order valence-electron chi connectivity index (χ2n) is 5.00. The van der Waals surface area contributed by atoms with Gasteiger partial charge in [0.05, 0.1) is 5.54 Å². The Morgan fingerprint density at radius 3 is 2.59 bits per heavy atom. The number of amides is 1. The summed E-state index contributed by atoms with van der Waals surface area (Å²) >= 11 is 0. The van der Waals surface area contributed by atoms with Crippen LogP contribution in [0.4, 0.5) is 0 Å². The number of carbonyl (C=O) groups excluding carboxylic acids is 1. The quantitative estimate of drug-likeness (QED) is 0.766. The van der Waals surface area contributed by atoms with Crippen molar-refractivity contribution in [3.8, 4) is 0 Å². The number of aliphatic carboxylic acids is 1. The summed E-state index contributed by atoms with van der Waals surface area (Å²) in [5.41, 5.74) is -0.695.